The van der Waals surface area contributed by atoms with Gasteiger partial charge in [0.05, 0.1) is 10.3 Å². The van der Waals surface area contributed by atoms with Gasteiger partial charge in [-0.1, -0.05) is 13.8 Å². The van der Waals surface area contributed by atoms with Crippen LogP contribution in [0.4, 0.5) is 0 Å². The molecule has 0 aliphatic rings. The van der Waals surface area contributed by atoms with E-state index in [0.717, 1.165) is 31.2 Å². The number of hydrogen-bond donors (Lipinski definition) is 1. The Kier molecular flexibility index (Phi) is 6.05. The maximum atomic E-state index is 5.83. The fraction of sp³-hybridized carbons (Fsp3) is 0.500. The molecule has 0 bridgehead atoms. The molecule has 3 nitrogen and oxygen atoms in total. The van der Waals surface area contributed by atoms with Crippen LogP contribution in [0.15, 0.2) is 25.7 Å². The highest BCUT2D eigenvalue weighted by Crippen LogP contribution is 2.22. The maximum Gasteiger partial charge on any atom is 0.118 e. The molecule has 0 saturated carbocycles. The molecular weight excluding hydrogens is 348 g/mol. The summed E-state index contributed by atoms with van der Waals surface area (Å²) in [5.41, 5.74) is 2.62. The van der Waals surface area contributed by atoms with Gasteiger partial charge in [0.2, 0.25) is 0 Å². The van der Waals surface area contributed by atoms with Crippen LogP contribution in [0.1, 0.15) is 36.5 Å². The van der Waals surface area contributed by atoms with Crippen LogP contribution in [0, 0.1) is 6.92 Å². The highest BCUT2D eigenvalue weighted by Gasteiger charge is 2.11. The highest BCUT2D eigenvalue weighted by molar-refractivity contribution is 9.11. The minimum Gasteiger partial charge on any atom is -0.465 e. The average molecular weight is 371 g/mol. The molecule has 0 saturated heterocycles. The Morgan fingerprint density at radius 1 is 1.33 bits per heavy atom. The number of nitrogens with one attached hydrogen (secondary N) is 1. The number of hydrogen-bond acceptors (Lipinski definition) is 4. The molecule has 1 N–H and O–H groups in total. The topological polar surface area (TPSA) is 28.4 Å². The Morgan fingerprint density at radius 3 is 2.71 bits per heavy atom. The van der Waals surface area contributed by atoms with Crippen molar-refractivity contribution in [2.45, 2.75) is 46.4 Å². The molecule has 0 spiro atoms. The monoisotopic (exact) mass is 370 g/mol. The summed E-state index contributed by atoms with van der Waals surface area (Å²) in [7, 11) is 2.14. The summed E-state index contributed by atoms with van der Waals surface area (Å²) in [5.74, 6) is 2.04. The van der Waals surface area contributed by atoms with Crippen LogP contribution < -0.4 is 5.32 Å². The molecule has 0 amide bonds. The van der Waals surface area contributed by atoms with Crippen molar-refractivity contribution in [3.63, 3.8) is 0 Å². The van der Waals surface area contributed by atoms with E-state index in [-0.39, 0.29) is 0 Å². The van der Waals surface area contributed by atoms with Crippen molar-refractivity contribution in [2.24, 2.45) is 0 Å². The zero-order valence-electron chi connectivity index (χ0n) is 13.1. The molecule has 21 heavy (non-hydrogen) atoms. The van der Waals surface area contributed by atoms with Crippen LogP contribution in [0.5, 0.6) is 0 Å². The number of thiophene rings is 1. The number of rotatable bonds is 7. The first-order valence-corrected chi connectivity index (χ1v) is 8.84. The third-order valence-electron chi connectivity index (χ3n) is 3.27. The molecule has 2 aromatic rings. The van der Waals surface area contributed by atoms with Gasteiger partial charge in [-0.05, 0) is 53.0 Å². The van der Waals surface area contributed by atoms with Crippen molar-refractivity contribution in [2.75, 3.05) is 7.05 Å². The average Bonchev–Trinajstić information content (AvgIpc) is 2.94. The molecule has 0 atom stereocenters. The Balaban J connectivity index is 1.92. The smallest absolute Gasteiger partial charge is 0.118 e. The van der Waals surface area contributed by atoms with Crippen molar-refractivity contribution in [1.29, 1.82) is 0 Å². The molecule has 116 valence electrons. The summed E-state index contributed by atoms with van der Waals surface area (Å²) in [4.78, 5) is 2.31. The van der Waals surface area contributed by atoms with E-state index in [0.29, 0.717) is 6.04 Å². The van der Waals surface area contributed by atoms with Crippen LogP contribution in [-0.2, 0) is 19.6 Å². The molecule has 5 heteroatoms. The van der Waals surface area contributed by atoms with Crippen LogP contribution in [0.2, 0.25) is 0 Å². The second-order valence-corrected chi connectivity index (χ2v) is 8.05. The molecule has 2 heterocycles. The molecule has 0 aliphatic heterocycles. The summed E-state index contributed by atoms with van der Waals surface area (Å²) in [5, 5.41) is 5.58. The van der Waals surface area contributed by atoms with Crippen molar-refractivity contribution >= 4 is 27.3 Å². The molecule has 0 aromatic carbocycles. The largest absolute Gasteiger partial charge is 0.465 e. The zero-order valence-corrected chi connectivity index (χ0v) is 15.5. The zero-order chi connectivity index (χ0) is 15.4. The van der Waals surface area contributed by atoms with Gasteiger partial charge in [0, 0.05) is 24.7 Å². The van der Waals surface area contributed by atoms with Crippen LogP contribution in [0.3, 0.4) is 0 Å². The van der Waals surface area contributed by atoms with Gasteiger partial charge >= 0.3 is 0 Å². The first kappa shape index (κ1) is 16.7. The quantitative estimate of drug-likeness (QED) is 0.775. The predicted molar refractivity (Wildman–Crippen MR) is 92.6 cm³/mol. The third kappa shape index (κ3) is 5.25. The molecular formula is C16H23BrN2OS. The number of halogens is 1. The van der Waals surface area contributed by atoms with E-state index in [9.17, 15) is 0 Å². The normalized spacial score (nSPS) is 11.8. The first-order valence-electron chi connectivity index (χ1n) is 7.17. The second kappa shape index (κ2) is 7.58. The lowest BCUT2D eigenvalue weighted by Gasteiger charge is -2.15. The van der Waals surface area contributed by atoms with Gasteiger partial charge in [-0.25, -0.2) is 0 Å². The summed E-state index contributed by atoms with van der Waals surface area (Å²) in [6.07, 6.45) is 0. The lowest BCUT2D eigenvalue weighted by molar-refractivity contribution is 0.316. The van der Waals surface area contributed by atoms with Gasteiger partial charge in [0.25, 0.3) is 0 Å². The maximum absolute atomic E-state index is 5.83. The van der Waals surface area contributed by atoms with Gasteiger partial charge in [-0.2, -0.15) is 0 Å². The van der Waals surface area contributed by atoms with Crippen LogP contribution >= 0.6 is 27.3 Å². The van der Waals surface area contributed by atoms with Crippen molar-refractivity contribution in [3.05, 3.63) is 43.9 Å². The van der Waals surface area contributed by atoms with Gasteiger partial charge in [0.1, 0.15) is 11.5 Å². The fourth-order valence-corrected chi connectivity index (χ4v) is 3.42. The number of furan rings is 1. The van der Waals surface area contributed by atoms with Crippen molar-refractivity contribution < 1.29 is 4.42 Å². The molecule has 2 rings (SSSR count). The second-order valence-electron chi connectivity index (χ2n) is 5.76. The highest BCUT2D eigenvalue weighted by atomic mass is 79.9. The summed E-state index contributed by atoms with van der Waals surface area (Å²) in [6.45, 7) is 8.98. The fourth-order valence-electron chi connectivity index (χ4n) is 2.22. The predicted octanol–water partition coefficient (Wildman–Crippen LogP) is 4.54. The van der Waals surface area contributed by atoms with E-state index in [1.165, 1.54) is 14.9 Å². The van der Waals surface area contributed by atoms with E-state index in [1.54, 1.807) is 11.3 Å². The molecule has 2 aromatic heterocycles. The molecule has 0 aliphatic carbocycles. The van der Waals surface area contributed by atoms with Gasteiger partial charge < -0.3 is 9.73 Å². The SMILES string of the molecule is Cc1oc(CNC(C)C)cc1CN(C)Cc1csc(Br)c1. The first-order chi connectivity index (χ1) is 9.94. The van der Waals surface area contributed by atoms with Gasteiger partial charge in [0.15, 0.2) is 0 Å². The Bertz CT molecular complexity index is 577. The van der Waals surface area contributed by atoms with E-state index in [1.807, 2.05) is 6.92 Å². The molecule has 0 fully saturated rings. The Hall–Kier alpha value is -0.620. The number of nitrogens with zero attached hydrogens (tertiary/aromatic N) is 1. The van der Waals surface area contributed by atoms with Crippen LogP contribution in [0.25, 0.3) is 0 Å². The Morgan fingerprint density at radius 2 is 2.10 bits per heavy atom. The van der Waals surface area contributed by atoms with Crippen molar-refractivity contribution in [3.8, 4) is 0 Å². The minimum atomic E-state index is 0.471. The Labute approximate surface area is 139 Å². The van der Waals surface area contributed by atoms with Gasteiger partial charge in [-0.3, -0.25) is 4.90 Å². The summed E-state index contributed by atoms with van der Waals surface area (Å²) < 4.78 is 7.01. The van der Waals surface area contributed by atoms with Crippen LogP contribution in [-0.4, -0.2) is 18.0 Å². The summed E-state index contributed by atoms with van der Waals surface area (Å²) >= 11 is 5.24. The van der Waals surface area contributed by atoms with Crippen molar-refractivity contribution in [1.82, 2.24) is 10.2 Å². The third-order valence-corrected chi connectivity index (χ3v) is 4.82. The van der Waals surface area contributed by atoms with E-state index >= 15 is 0 Å². The molecule has 0 unspecified atom stereocenters. The minimum absolute atomic E-state index is 0.471. The van der Waals surface area contributed by atoms with E-state index in [4.69, 9.17) is 4.42 Å². The molecule has 0 radical (unpaired) electrons. The number of aryl methyl sites for hydroxylation is 1. The standard InChI is InChI=1S/C16H23BrN2OS/c1-11(2)18-7-15-6-14(12(3)20-15)9-19(4)8-13-5-16(17)21-10-13/h5-6,10-11,18H,7-9H2,1-4H3. The van der Waals surface area contributed by atoms with Gasteiger partial charge in [-0.15, -0.1) is 11.3 Å². The lowest BCUT2D eigenvalue weighted by atomic mass is 10.2. The summed E-state index contributed by atoms with van der Waals surface area (Å²) in [6, 6.07) is 4.82. The lowest BCUT2D eigenvalue weighted by Crippen LogP contribution is -2.21. The van der Waals surface area contributed by atoms with E-state index < -0.39 is 0 Å². The van der Waals surface area contributed by atoms with E-state index in [2.05, 4.69) is 64.6 Å².